The fourth-order valence-corrected chi connectivity index (χ4v) is 1.63. The van der Waals surface area contributed by atoms with Crippen molar-refractivity contribution in [2.75, 3.05) is 0 Å². The zero-order valence-electron chi connectivity index (χ0n) is 12.2. The van der Waals surface area contributed by atoms with E-state index in [4.69, 9.17) is 5.73 Å². The van der Waals surface area contributed by atoms with E-state index in [1.807, 2.05) is 42.5 Å². The summed E-state index contributed by atoms with van der Waals surface area (Å²) >= 11 is 0. The molecule has 0 saturated carbocycles. The molecule has 1 aromatic carbocycles. The van der Waals surface area contributed by atoms with Crippen molar-refractivity contribution in [3.05, 3.63) is 66.3 Å². The highest BCUT2D eigenvalue weighted by Crippen LogP contribution is 2.01. The Morgan fingerprint density at radius 3 is 2.71 bits per heavy atom. The Balaban J connectivity index is 2.08. The second kappa shape index (κ2) is 11.3. The van der Waals surface area contributed by atoms with Crippen LogP contribution in [0.4, 0.5) is 0 Å². The Morgan fingerprint density at radius 2 is 1.95 bits per heavy atom. The molecular formula is C19H21NO. The van der Waals surface area contributed by atoms with Gasteiger partial charge in [0, 0.05) is 12.5 Å². The van der Waals surface area contributed by atoms with Crippen LogP contribution >= 0.6 is 0 Å². The second-order valence-electron chi connectivity index (χ2n) is 4.50. The van der Waals surface area contributed by atoms with Crippen molar-refractivity contribution in [3.63, 3.8) is 0 Å². The molecule has 21 heavy (non-hydrogen) atoms. The molecule has 2 heteroatoms. The standard InChI is InChI=1S/C19H21NO/c20-19(21)17-13-8-6-4-2-1-3-5-7-10-14-18-15-11-9-12-16-18/h6,8-17H,1-4H2,(H2,20,21)/b8-6+,14-10+,17-13+. The first kappa shape index (κ1) is 16.5. The zero-order valence-corrected chi connectivity index (χ0v) is 12.2. The maximum Gasteiger partial charge on any atom is 0.241 e. The summed E-state index contributed by atoms with van der Waals surface area (Å²) in [5.41, 5.74) is 6.14. The molecule has 0 atom stereocenters. The van der Waals surface area contributed by atoms with Gasteiger partial charge in [0.15, 0.2) is 0 Å². The Bertz CT molecular complexity index is 556. The van der Waals surface area contributed by atoms with E-state index in [1.54, 1.807) is 6.08 Å². The lowest BCUT2D eigenvalue weighted by atomic mass is 10.2. The molecule has 0 saturated heterocycles. The monoisotopic (exact) mass is 279 g/mol. The molecule has 1 rings (SSSR count). The van der Waals surface area contributed by atoms with Crippen molar-refractivity contribution in [2.45, 2.75) is 25.7 Å². The fourth-order valence-electron chi connectivity index (χ4n) is 1.63. The summed E-state index contributed by atoms with van der Waals surface area (Å²) in [4.78, 5) is 10.4. The van der Waals surface area contributed by atoms with Gasteiger partial charge in [-0.3, -0.25) is 4.79 Å². The van der Waals surface area contributed by atoms with Crippen LogP contribution in [-0.4, -0.2) is 5.91 Å². The minimum absolute atomic E-state index is 0.418. The molecular weight excluding hydrogens is 258 g/mol. The highest BCUT2D eigenvalue weighted by molar-refractivity contribution is 5.85. The van der Waals surface area contributed by atoms with Crippen molar-refractivity contribution in [1.29, 1.82) is 0 Å². The third-order valence-electron chi connectivity index (χ3n) is 2.69. The lowest BCUT2D eigenvalue weighted by molar-refractivity contribution is -0.113. The number of carbonyl (C=O) groups is 1. The molecule has 0 unspecified atom stereocenters. The van der Waals surface area contributed by atoms with E-state index in [1.165, 1.54) is 11.6 Å². The SMILES string of the molecule is NC(=O)/C=C/C=C/CCCCC#C/C=C/c1ccccc1. The van der Waals surface area contributed by atoms with Crippen LogP contribution in [0.5, 0.6) is 0 Å². The number of primary amides is 1. The number of allylic oxidation sites excluding steroid dienone is 4. The first-order chi connectivity index (χ1) is 10.3. The molecule has 0 heterocycles. The molecule has 0 aliphatic carbocycles. The molecule has 1 aromatic rings. The van der Waals surface area contributed by atoms with Crippen molar-refractivity contribution >= 4 is 12.0 Å². The summed E-state index contributed by atoms with van der Waals surface area (Å²) in [5.74, 6) is 5.76. The molecule has 2 N–H and O–H groups in total. The van der Waals surface area contributed by atoms with Gasteiger partial charge < -0.3 is 5.73 Å². The van der Waals surface area contributed by atoms with Crippen LogP contribution in [-0.2, 0) is 4.79 Å². The van der Waals surface area contributed by atoms with Crippen LogP contribution in [0.15, 0.2) is 60.7 Å². The minimum atomic E-state index is -0.418. The number of unbranched alkanes of at least 4 members (excludes halogenated alkanes) is 3. The Morgan fingerprint density at radius 1 is 1.14 bits per heavy atom. The van der Waals surface area contributed by atoms with Gasteiger partial charge in [-0.15, -0.1) is 0 Å². The van der Waals surface area contributed by atoms with Gasteiger partial charge >= 0.3 is 0 Å². The lowest BCUT2D eigenvalue weighted by Crippen LogP contribution is -2.04. The van der Waals surface area contributed by atoms with Gasteiger partial charge in [0.1, 0.15) is 0 Å². The first-order valence-corrected chi connectivity index (χ1v) is 7.11. The fraction of sp³-hybridized carbons (Fsp3) is 0.211. The molecule has 0 bridgehead atoms. The average molecular weight is 279 g/mol. The summed E-state index contributed by atoms with van der Waals surface area (Å²) in [7, 11) is 0. The summed E-state index contributed by atoms with van der Waals surface area (Å²) < 4.78 is 0. The van der Waals surface area contributed by atoms with Crippen LogP contribution in [0.2, 0.25) is 0 Å². The molecule has 0 radical (unpaired) electrons. The molecule has 0 aromatic heterocycles. The predicted octanol–water partition coefficient (Wildman–Crippen LogP) is 3.86. The van der Waals surface area contributed by atoms with Crippen LogP contribution < -0.4 is 5.73 Å². The summed E-state index contributed by atoms with van der Waals surface area (Å²) in [6.07, 6.45) is 14.9. The van der Waals surface area contributed by atoms with Gasteiger partial charge in [-0.2, -0.15) is 0 Å². The van der Waals surface area contributed by atoms with Gasteiger partial charge in [-0.25, -0.2) is 0 Å². The highest BCUT2D eigenvalue weighted by atomic mass is 16.1. The molecule has 0 spiro atoms. The molecule has 0 aliphatic rings. The average Bonchev–Trinajstić information content (AvgIpc) is 2.49. The van der Waals surface area contributed by atoms with E-state index in [0.29, 0.717) is 0 Å². The van der Waals surface area contributed by atoms with Crippen LogP contribution in [0.3, 0.4) is 0 Å². The molecule has 0 aliphatic heterocycles. The summed E-state index contributed by atoms with van der Waals surface area (Å²) in [5, 5.41) is 0. The summed E-state index contributed by atoms with van der Waals surface area (Å²) in [6, 6.07) is 10.1. The first-order valence-electron chi connectivity index (χ1n) is 7.11. The topological polar surface area (TPSA) is 43.1 Å². The number of carbonyl (C=O) groups excluding carboxylic acids is 1. The molecule has 1 amide bonds. The van der Waals surface area contributed by atoms with Crippen LogP contribution in [0.1, 0.15) is 31.2 Å². The zero-order chi connectivity index (χ0) is 15.2. The third-order valence-corrected chi connectivity index (χ3v) is 2.69. The quantitative estimate of drug-likeness (QED) is 0.350. The van der Waals surface area contributed by atoms with E-state index in [2.05, 4.69) is 24.0 Å². The molecule has 2 nitrogen and oxygen atoms in total. The van der Waals surface area contributed by atoms with Crippen molar-refractivity contribution in [1.82, 2.24) is 0 Å². The van der Waals surface area contributed by atoms with Gasteiger partial charge in [-0.05, 0) is 37.0 Å². The van der Waals surface area contributed by atoms with Crippen molar-refractivity contribution < 1.29 is 4.79 Å². The number of amides is 1. The number of hydrogen-bond donors (Lipinski definition) is 1. The Hall–Kier alpha value is -2.53. The predicted molar refractivity (Wildman–Crippen MR) is 89.2 cm³/mol. The van der Waals surface area contributed by atoms with Crippen LogP contribution in [0, 0.1) is 11.8 Å². The highest BCUT2D eigenvalue weighted by Gasteiger charge is 1.83. The Labute approximate surface area is 127 Å². The van der Waals surface area contributed by atoms with Gasteiger partial charge in [-0.1, -0.05) is 60.4 Å². The number of rotatable bonds is 7. The maximum atomic E-state index is 10.4. The maximum absolute atomic E-state index is 10.4. The van der Waals surface area contributed by atoms with Gasteiger partial charge in [0.05, 0.1) is 0 Å². The van der Waals surface area contributed by atoms with Crippen LogP contribution in [0.25, 0.3) is 6.08 Å². The summed E-state index contributed by atoms with van der Waals surface area (Å²) in [6.45, 7) is 0. The van der Waals surface area contributed by atoms with E-state index in [9.17, 15) is 4.79 Å². The van der Waals surface area contributed by atoms with E-state index in [0.717, 1.165) is 25.7 Å². The number of nitrogens with two attached hydrogens (primary N) is 1. The smallest absolute Gasteiger partial charge is 0.241 e. The lowest BCUT2D eigenvalue weighted by Gasteiger charge is -1.90. The second-order valence-corrected chi connectivity index (χ2v) is 4.50. The van der Waals surface area contributed by atoms with Gasteiger partial charge in [0.25, 0.3) is 0 Å². The minimum Gasteiger partial charge on any atom is -0.366 e. The number of hydrogen-bond acceptors (Lipinski definition) is 1. The molecule has 108 valence electrons. The molecule has 0 fully saturated rings. The van der Waals surface area contributed by atoms with E-state index >= 15 is 0 Å². The van der Waals surface area contributed by atoms with Crippen molar-refractivity contribution in [2.24, 2.45) is 5.73 Å². The number of benzene rings is 1. The van der Waals surface area contributed by atoms with Crippen molar-refractivity contribution in [3.8, 4) is 11.8 Å². The van der Waals surface area contributed by atoms with E-state index in [-0.39, 0.29) is 0 Å². The normalized spacial score (nSPS) is 11.0. The Kier molecular flexibility index (Phi) is 8.90. The largest absolute Gasteiger partial charge is 0.366 e. The van der Waals surface area contributed by atoms with E-state index < -0.39 is 5.91 Å². The van der Waals surface area contributed by atoms with Gasteiger partial charge in [0.2, 0.25) is 5.91 Å². The third kappa shape index (κ3) is 9.98.